The number of fused-ring (bicyclic) bond motifs is 4. The van der Waals surface area contributed by atoms with Crippen LogP contribution in [0.4, 0.5) is 5.69 Å². The van der Waals surface area contributed by atoms with E-state index in [1.807, 2.05) is 38.1 Å². The van der Waals surface area contributed by atoms with E-state index in [0.29, 0.717) is 5.69 Å². The standard InChI is InChI=1S/C21H18N2O/c1-11-6-7-13-17(8-11)23-20-18(13)19(24)14-9-12(2)16(22-5)10-15(14)21(20,3)4/h6-10,23H,1-4H3. The Bertz CT molecular complexity index is 1080. The SMILES string of the molecule is [C-]#[N+]c1cc2c(cc1C)C(=O)c1c([nH]c3cc(C)ccc13)C2(C)C. The number of H-pyrrole nitrogens is 1. The molecule has 3 nitrogen and oxygen atoms in total. The molecule has 0 bridgehead atoms. The molecule has 1 N–H and O–H groups in total. The Morgan fingerprint density at radius 2 is 1.88 bits per heavy atom. The van der Waals surface area contributed by atoms with Crippen LogP contribution in [0.25, 0.3) is 15.7 Å². The maximum Gasteiger partial charge on any atom is 0.195 e. The van der Waals surface area contributed by atoms with E-state index in [-0.39, 0.29) is 11.2 Å². The molecule has 0 amide bonds. The molecule has 0 saturated heterocycles. The molecule has 0 saturated carbocycles. The first-order valence-corrected chi connectivity index (χ1v) is 8.04. The number of aromatic nitrogens is 1. The molecule has 0 fully saturated rings. The normalized spacial score (nSPS) is 15.0. The lowest BCUT2D eigenvalue weighted by atomic mass is 9.71. The largest absolute Gasteiger partial charge is 0.357 e. The molecular formula is C21H18N2O. The maximum atomic E-state index is 13.2. The predicted octanol–water partition coefficient (Wildman–Crippen LogP) is 5.21. The van der Waals surface area contributed by atoms with Crippen LogP contribution in [0, 0.1) is 20.4 Å². The number of aryl methyl sites for hydroxylation is 2. The summed E-state index contributed by atoms with van der Waals surface area (Å²) in [4.78, 5) is 20.3. The second-order valence-corrected chi connectivity index (χ2v) is 7.17. The Balaban J connectivity index is 2.11. The number of hydrogen-bond donors (Lipinski definition) is 1. The first-order chi connectivity index (χ1) is 11.3. The van der Waals surface area contributed by atoms with E-state index in [2.05, 4.69) is 29.7 Å². The lowest BCUT2D eigenvalue weighted by Crippen LogP contribution is -2.30. The Hall–Kier alpha value is -2.86. The zero-order valence-corrected chi connectivity index (χ0v) is 14.2. The van der Waals surface area contributed by atoms with Gasteiger partial charge in [0.2, 0.25) is 0 Å². The number of carbonyl (C=O) groups is 1. The Labute approximate surface area is 141 Å². The second-order valence-electron chi connectivity index (χ2n) is 7.17. The van der Waals surface area contributed by atoms with E-state index in [1.165, 1.54) is 0 Å². The molecule has 4 rings (SSSR count). The molecular weight excluding hydrogens is 296 g/mol. The van der Waals surface area contributed by atoms with E-state index in [4.69, 9.17) is 6.57 Å². The van der Waals surface area contributed by atoms with Gasteiger partial charge in [0, 0.05) is 27.6 Å². The summed E-state index contributed by atoms with van der Waals surface area (Å²) in [6.45, 7) is 15.5. The molecule has 1 heterocycles. The van der Waals surface area contributed by atoms with Crippen molar-refractivity contribution < 1.29 is 4.79 Å². The second kappa shape index (κ2) is 4.58. The fourth-order valence-corrected chi connectivity index (χ4v) is 3.81. The number of carbonyl (C=O) groups excluding carboxylic acids is 1. The number of ketones is 1. The van der Waals surface area contributed by atoms with Gasteiger partial charge in [-0.3, -0.25) is 4.79 Å². The third kappa shape index (κ3) is 1.74. The van der Waals surface area contributed by atoms with Crippen molar-refractivity contribution in [3.63, 3.8) is 0 Å². The van der Waals surface area contributed by atoms with Crippen molar-refractivity contribution in [1.29, 1.82) is 0 Å². The first kappa shape index (κ1) is 14.7. The average molecular weight is 314 g/mol. The molecule has 0 radical (unpaired) electrons. The van der Waals surface area contributed by atoms with E-state index in [1.54, 1.807) is 0 Å². The van der Waals surface area contributed by atoms with Gasteiger partial charge >= 0.3 is 0 Å². The van der Waals surface area contributed by atoms with E-state index < -0.39 is 0 Å². The number of hydrogen-bond acceptors (Lipinski definition) is 1. The van der Waals surface area contributed by atoms with E-state index in [0.717, 1.165) is 44.4 Å². The van der Waals surface area contributed by atoms with Crippen LogP contribution < -0.4 is 0 Å². The summed E-state index contributed by atoms with van der Waals surface area (Å²) >= 11 is 0. The predicted molar refractivity (Wildman–Crippen MR) is 96.0 cm³/mol. The van der Waals surface area contributed by atoms with Crippen LogP contribution >= 0.6 is 0 Å². The molecule has 0 spiro atoms. The zero-order chi connectivity index (χ0) is 17.2. The molecule has 2 aromatic carbocycles. The number of aromatic amines is 1. The molecule has 24 heavy (non-hydrogen) atoms. The average Bonchev–Trinajstić information content (AvgIpc) is 2.92. The number of nitrogens with one attached hydrogen (secondary N) is 1. The molecule has 0 aliphatic heterocycles. The molecule has 118 valence electrons. The van der Waals surface area contributed by atoms with Crippen molar-refractivity contribution in [3.05, 3.63) is 75.3 Å². The molecule has 1 aromatic heterocycles. The molecule has 0 unspecified atom stereocenters. The van der Waals surface area contributed by atoms with Gasteiger partial charge < -0.3 is 4.98 Å². The maximum absolute atomic E-state index is 13.2. The minimum atomic E-state index is -0.349. The van der Waals surface area contributed by atoms with Crippen molar-refractivity contribution >= 4 is 22.4 Å². The summed E-state index contributed by atoms with van der Waals surface area (Å²) in [6.07, 6.45) is 0. The van der Waals surface area contributed by atoms with Gasteiger partial charge in [-0.1, -0.05) is 38.1 Å². The minimum absolute atomic E-state index is 0.0501. The minimum Gasteiger partial charge on any atom is -0.357 e. The zero-order valence-electron chi connectivity index (χ0n) is 14.2. The van der Waals surface area contributed by atoms with Crippen molar-refractivity contribution in [2.45, 2.75) is 33.1 Å². The van der Waals surface area contributed by atoms with Gasteiger partial charge in [-0.15, -0.1) is 0 Å². The molecule has 0 atom stereocenters. The summed E-state index contributed by atoms with van der Waals surface area (Å²) in [7, 11) is 0. The first-order valence-electron chi connectivity index (χ1n) is 8.04. The van der Waals surface area contributed by atoms with Gasteiger partial charge in [-0.2, -0.15) is 0 Å². The Morgan fingerprint density at radius 1 is 1.12 bits per heavy atom. The van der Waals surface area contributed by atoms with Gasteiger partial charge in [-0.25, -0.2) is 4.85 Å². The highest BCUT2D eigenvalue weighted by Crippen LogP contribution is 2.45. The van der Waals surface area contributed by atoms with Crippen molar-refractivity contribution in [3.8, 4) is 0 Å². The van der Waals surface area contributed by atoms with Gasteiger partial charge in [0.25, 0.3) is 0 Å². The van der Waals surface area contributed by atoms with Crippen LogP contribution in [-0.2, 0) is 5.41 Å². The lowest BCUT2D eigenvalue weighted by Gasteiger charge is -2.32. The van der Waals surface area contributed by atoms with Gasteiger partial charge in [0.1, 0.15) is 0 Å². The molecule has 3 aromatic rings. The van der Waals surface area contributed by atoms with Crippen LogP contribution in [-0.4, -0.2) is 10.8 Å². The monoisotopic (exact) mass is 314 g/mol. The summed E-state index contributed by atoms with van der Waals surface area (Å²) in [5.41, 5.74) is 6.65. The summed E-state index contributed by atoms with van der Waals surface area (Å²) in [5.74, 6) is 0.0501. The molecule has 1 aliphatic carbocycles. The quantitative estimate of drug-likeness (QED) is 0.568. The summed E-state index contributed by atoms with van der Waals surface area (Å²) in [5, 5.41) is 0.978. The van der Waals surface area contributed by atoms with Crippen LogP contribution in [0.15, 0.2) is 30.3 Å². The van der Waals surface area contributed by atoms with Gasteiger partial charge in [-0.05, 0) is 36.6 Å². The Kier molecular flexibility index (Phi) is 2.81. The number of nitrogens with zero attached hydrogens (tertiary/aromatic N) is 1. The number of rotatable bonds is 0. The fraction of sp³-hybridized carbons (Fsp3) is 0.238. The fourth-order valence-electron chi connectivity index (χ4n) is 3.81. The van der Waals surface area contributed by atoms with Crippen LogP contribution in [0.2, 0.25) is 0 Å². The third-order valence-electron chi connectivity index (χ3n) is 5.18. The van der Waals surface area contributed by atoms with E-state index >= 15 is 0 Å². The van der Waals surface area contributed by atoms with Crippen molar-refractivity contribution in [1.82, 2.24) is 4.98 Å². The molecule has 3 heteroatoms. The Morgan fingerprint density at radius 3 is 2.58 bits per heavy atom. The topological polar surface area (TPSA) is 37.2 Å². The van der Waals surface area contributed by atoms with Crippen molar-refractivity contribution in [2.24, 2.45) is 0 Å². The smallest absolute Gasteiger partial charge is 0.195 e. The van der Waals surface area contributed by atoms with Crippen LogP contribution in [0.1, 0.15) is 52.2 Å². The summed E-state index contributed by atoms with van der Waals surface area (Å²) < 4.78 is 0. The highest BCUT2D eigenvalue weighted by atomic mass is 16.1. The highest BCUT2D eigenvalue weighted by Gasteiger charge is 2.39. The highest BCUT2D eigenvalue weighted by molar-refractivity contribution is 6.20. The lowest BCUT2D eigenvalue weighted by molar-refractivity contribution is 0.103. The van der Waals surface area contributed by atoms with Crippen molar-refractivity contribution in [2.75, 3.05) is 0 Å². The van der Waals surface area contributed by atoms with Gasteiger partial charge in [0.05, 0.1) is 12.1 Å². The van der Waals surface area contributed by atoms with Gasteiger partial charge in [0.15, 0.2) is 11.5 Å². The molecule has 1 aliphatic rings. The van der Waals surface area contributed by atoms with Crippen LogP contribution in [0.3, 0.4) is 0 Å². The number of benzene rings is 2. The van der Waals surface area contributed by atoms with Crippen LogP contribution in [0.5, 0.6) is 0 Å². The van der Waals surface area contributed by atoms with E-state index in [9.17, 15) is 4.79 Å². The summed E-state index contributed by atoms with van der Waals surface area (Å²) in [6, 6.07) is 9.91. The third-order valence-corrected chi connectivity index (χ3v) is 5.18.